The number of hydrogen-bond acceptors (Lipinski definition) is 5. The van der Waals surface area contributed by atoms with E-state index in [0.717, 1.165) is 0 Å². The molecule has 0 radical (unpaired) electrons. The van der Waals surface area contributed by atoms with Crippen LogP contribution in [0.5, 0.6) is 17.2 Å². The van der Waals surface area contributed by atoms with E-state index in [9.17, 15) is 4.79 Å². The number of methoxy groups -OCH3 is 3. The summed E-state index contributed by atoms with van der Waals surface area (Å²) in [5.41, 5.74) is 1.80. The van der Waals surface area contributed by atoms with Crippen molar-refractivity contribution in [2.24, 2.45) is 0 Å². The third-order valence-corrected chi connectivity index (χ3v) is 3.66. The zero-order valence-electron chi connectivity index (χ0n) is 13.1. The molecule has 23 heavy (non-hydrogen) atoms. The number of rotatable bonds is 4. The van der Waals surface area contributed by atoms with Gasteiger partial charge in [-0.1, -0.05) is 12.1 Å². The molecular weight excluding hydrogens is 296 g/mol. The molecule has 0 saturated carbocycles. The Bertz CT molecular complexity index is 770. The van der Waals surface area contributed by atoms with Gasteiger partial charge in [-0.3, -0.25) is 0 Å². The Balaban J connectivity index is 2.20. The smallest absolute Gasteiger partial charge is 0.344 e. The van der Waals surface area contributed by atoms with Gasteiger partial charge in [-0.2, -0.15) is 0 Å². The Kier molecular flexibility index (Phi) is 3.93. The topological polar surface area (TPSA) is 54.0 Å². The van der Waals surface area contributed by atoms with Crippen molar-refractivity contribution in [1.82, 2.24) is 0 Å². The molecule has 3 rings (SSSR count). The van der Waals surface area contributed by atoms with Gasteiger partial charge in [-0.15, -0.1) is 0 Å². The van der Waals surface area contributed by atoms with Crippen molar-refractivity contribution >= 4 is 17.8 Å². The molecule has 0 fully saturated rings. The lowest BCUT2D eigenvalue weighted by molar-refractivity contribution is 0.0717. The number of hydrogen-bond donors (Lipinski definition) is 0. The number of cyclic esters (lactones) is 1. The summed E-state index contributed by atoms with van der Waals surface area (Å²) in [6.45, 7) is 0. The minimum atomic E-state index is -0.404. The van der Waals surface area contributed by atoms with Crippen LogP contribution in [0.15, 0.2) is 36.4 Å². The van der Waals surface area contributed by atoms with Crippen molar-refractivity contribution in [1.29, 1.82) is 0 Å². The molecule has 5 nitrogen and oxygen atoms in total. The number of ether oxygens (including phenoxy) is 4. The van der Waals surface area contributed by atoms with Crippen molar-refractivity contribution in [3.05, 3.63) is 53.1 Å². The molecule has 5 heteroatoms. The van der Waals surface area contributed by atoms with E-state index in [1.807, 2.05) is 18.2 Å². The van der Waals surface area contributed by atoms with Gasteiger partial charge in [-0.25, -0.2) is 4.79 Å². The van der Waals surface area contributed by atoms with Gasteiger partial charge >= 0.3 is 5.97 Å². The maximum Gasteiger partial charge on any atom is 0.344 e. The fourth-order valence-electron chi connectivity index (χ4n) is 2.59. The molecule has 0 N–H and O–H groups in total. The Hall–Kier alpha value is -2.95. The molecule has 2 aromatic carbocycles. The minimum absolute atomic E-state index is 0.404. The fraction of sp³-hybridized carbons (Fsp3) is 0.167. The zero-order valence-corrected chi connectivity index (χ0v) is 13.1. The van der Waals surface area contributed by atoms with Gasteiger partial charge in [0.2, 0.25) is 0 Å². The molecular formula is C18H16O5. The van der Waals surface area contributed by atoms with Crippen LogP contribution in [-0.4, -0.2) is 27.3 Å². The molecule has 0 aromatic heterocycles. The molecule has 0 amide bonds. The Morgan fingerprint density at radius 1 is 0.870 bits per heavy atom. The number of fused-ring (bicyclic) bond motifs is 1. The maximum atomic E-state index is 12.1. The summed E-state index contributed by atoms with van der Waals surface area (Å²) >= 11 is 0. The summed E-state index contributed by atoms with van der Waals surface area (Å²) in [6.07, 6.45) is 1.73. The highest BCUT2D eigenvalue weighted by Gasteiger charge is 2.30. The fourth-order valence-corrected chi connectivity index (χ4v) is 2.59. The average molecular weight is 312 g/mol. The first-order valence-electron chi connectivity index (χ1n) is 7.01. The Morgan fingerprint density at radius 3 is 2.04 bits per heavy atom. The van der Waals surface area contributed by atoms with Crippen molar-refractivity contribution < 1.29 is 23.7 Å². The van der Waals surface area contributed by atoms with Crippen molar-refractivity contribution in [2.45, 2.75) is 0 Å². The second-order valence-corrected chi connectivity index (χ2v) is 4.86. The molecule has 0 atom stereocenters. The van der Waals surface area contributed by atoms with Crippen molar-refractivity contribution in [3.63, 3.8) is 0 Å². The van der Waals surface area contributed by atoms with E-state index in [4.69, 9.17) is 18.9 Å². The number of esters is 1. The van der Waals surface area contributed by atoms with E-state index in [-0.39, 0.29) is 0 Å². The number of carbonyl (C=O) groups is 1. The summed E-state index contributed by atoms with van der Waals surface area (Å²) < 4.78 is 21.5. The predicted octanol–water partition coefficient (Wildman–Crippen LogP) is 3.38. The summed E-state index contributed by atoms with van der Waals surface area (Å²) in [6, 6.07) is 10.7. The third-order valence-electron chi connectivity index (χ3n) is 3.66. The molecule has 1 heterocycles. The molecule has 0 spiro atoms. The minimum Gasteiger partial charge on any atom is -0.496 e. The Labute approximate surface area is 134 Å². The van der Waals surface area contributed by atoms with Gasteiger partial charge in [0.15, 0.2) is 0 Å². The SMILES string of the molecule is COc1cccc(OC)c1/C=C1\OC(=O)c2cccc(OC)c21. The highest BCUT2D eigenvalue weighted by molar-refractivity contribution is 6.07. The second-order valence-electron chi connectivity index (χ2n) is 4.86. The second kappa shape index (κ2) is 6.04. The highest BCUT2D eigenvalue weighted by atomic mass is 16.5. The van der Waals surface area contributed by atoms with Crippen LogP contribution < -0.4 is 14.2 Å². The molecule has 2 aromatic rings. The van der Waals surface area contributed by atoms with Crippen LogP contribution in [0.3, 0.4) is 0 Å². The van der Waals surface area contributed by atoms with E-state index >= 15 is 0 Å². The van der Waals surface area contributed by atoms with Gasteiger partial charge in [0.05, 0.1) is 38.0 Å². The lowest BCUT2D eigenvalue weighted by atomic mass is 10.0. The summed E-state index contributed by atoms with van der Waals surface area (Å²) in [4.78, 5) is 12.1. The van der Waals surface area contributed by atoms with Crippen LogP contribution >= 0.6 is 0 Å². The van der Waals surface area contributed by atoms with E-state index in [0.29, 0.717) is 39.7 Å². The normalized spacial score (nSPS) is 14.4. The van der Waals surface area contributed by atoms with Crippen LogP contribution in [0.25, 0.3) is 11.8 Å². The van der Waals surface area contributed by atoms with E-state index in [1.165, 1.54) is 0 Å². The maximum absolute atomic E-state index is 12.1. The summed E-state index contributed by atoms with van der Waals surface area (Å²) in [7, 11) is 4.71. The first-order valence-corrected chi connectivity index (χ1v) is 7.01. The van der Waals surface area contributed by atoms with E-state index in [1.54, 1.807) is 45.6 Å². The number of benzene rings is 2. The first kappa shape index (κ1) is 15.0. The molecule has 0 bridgehead atoms. The molecule has 118 valence electrons. The largest absolute Gasteiger partial charge is 0.496 e. The van der Waals surface area contributed by atoms with Gasteiger partial charge in [0.25, 0.3) is 0 Å². The summed E-state index contributed by atoms with van der Waals surface area (Å²) in [5, 5.41) is 0. The standard InChI is InChI=1S/C18H16O5/c1-20-13-7-5-8-14(21-2)12(13)10-16-17-11(18(19)23-16)6-4-9-15(17)22-3/h4-10H,1-3H3/b16-10-. The van der Waals surface area contributed by atoms with Gasteiger partial charge < -0.3 is 18.9 Å². The molecule has 0 saturated heterocycles. The lowest BCUT2D eigenvalue weighted by Crippen LogP contribution is -1.94. The van der Waals surface area contributed by atoms with Crippen molar-refractivity contribution in [3.8, 4) is 17.2 Å². The number of carbonyl (C=O) groups excluding carboxylic acids is 1. The zero-order chi connectivity index (χ0) is 16.4. The first-order chi connectivity index (χ1) is 11.2. The predicted molar refractivity (Wildman–Crippen MR) is 85.8 cm³/mol. The van der Waals surface area contributed by atoms with Crippen LogP contribution in [0.1, 0.15) is 21.5 Å². The van der Waals surface area contributed by atoms with Gasteiger partial charge in [0, 0.05) is 0 Å². The Morgan fingerprint density at radius 2 is 1.43 bits per heavy atom. The summed E-state index contributed by atoms with van der Waals surface area (Å²) in [5.74, 6) is 1.82. The lowest BCUT2D eigenvalue weighted by Gasteiger charge is -2.11. The average Bonchev–Trinajstić information content (AvgIpc) is 2.91. The van der Waals surface area contributed by atoms with Crippen LogP contribution in [0.2, 0.25) is 0 Å². The monoisotopic (exact) mass is 312 g/mol. The van der Waals surface area contributed by atoms with E-state index in [2.05, 4.69) is 0 Å². The van der Waals surface area contributed by atoms with Crippen LogP contribution in [0, 0.1) is 0 Å². The van der Waals surface area contributed by atoms with Gasteiger partial charge in [0.1, 0.15) is 23.0 Å². The van der Waals surface area contributed by atoms with Crippen molar-refractivity contribution in [2.75, 3.05) is 21.3 Å². The third kappa shape index (κ3) is 2.50. The molecule has 0 unspecified atom stereocenters. The van der Waals surface area contributed by atoms with E-state index < -0.39 is 5.97 Å². The molecule has 0 aliphatic carbocycles. The van der Waals surface area contributed by atoms with Crippen LogP contribution in [-0.2, 0) is 4.74 Å². The van der Waals surface area contributed by atoms with Gasteiger partial charge in [-0.05, 0) is 30.3 Å². The highest BCUT2D eigenvalue weighted by Crippen LogP contribution is 2.40. The molecule has 1 aliphatic heterocycles. The van der Waals surface area contributed by atoms with Crippen LogP contribution in [0.4, 0.5) is 0 Å². The quantitative estimate of drug-likeness (QED) is 0.810. The molecule has 1 aliphatic rings.